The Hall–Kier alpha value is -0.690. The molecule has 0 aromatic rings. The Morgan fingerprint density at radius 1 is 1.29 bits per heavy atom. The van der Waals surface area contributed by atoms with Gasteiger partial charge in [0, 0.05) is 0 Å². The Labute approximate surface area is 101 Å². The van der Waals surface area contributed by atoms with Gasteiger partial charge in [0.05, 0.1) is 25.9 Å². The monoisotopic (exact) mass is 247 g/mol. The van der Waals surface area contributed by atoms with Crippen LogP contribution in [0.1, 0.15) is 19.8 Å². The quantitative estimate of drug-likeness (QED) is 0.445. The molecule has 6 heteroatoms. The number of ether oxygens (including phenoxy) is 1. The van der Waals surface area contributed by atoms with Crippen LogP contribution in [0.25, 0.3) is 0 Å². The van der Waals surface area contributed by atoms with E-state index in [-0.39, 0.29) is 12.7 Å². The first-order valence-electron chi connectivity index (χ1n) is 5.80. The predicted octanol–water partition coefficient (Wildman–Crippen LogP) is -1.37. The fourth-order valence-electron chi connectivity index (χ4n) is 1.76. The van der Waals surface area contributed by atoms with Crippen molar-refractivity contribution in [3.8, 4) is 0 Å². The van der Waals surface area contributed by atoms with Gasteiger partial charge < -0.3 is 25.4 Å². The minimum absolute atomic E-state index is 0.112. The van der Waals surface area contributed by atoms with Gasteiger partial charge in [-0.05, 0) is 18.8 Å². The van der Waals surface area contributed by atoms with E-state index in [0.29, 0.717) is 5.92 Å². The normalized spacial score (nSPS) is 24.2. The fraction of sp³-hybridized carbons (Fsp3) is 0.909. The number of carbonyl (C=O) groups excluding carboxylic acids is 1. The Morgan fingerprint density at radius 2 is 1.82 bits per heavy atom. The number of hydrogen-bond acceptors (Lipinski definition) is 5. The van der Waals surface area contributed by atoms with Gasteiger partial charge in [0.15, 0.2) is 0 Å². The molecule has 0 aromatic carbocycles. The Morgan fingerprint density at radius 3 is 2.24 bits per heavy atom. The molecule has 0 saturated heterocycles. The highest BCUT2D eigenvalue weighted by atomic mass is 16.5. The van der Waals surface area contributed by atoms with Crippen LogP contribution in [0.4, 0.5) is 0 Å². The molecular weight excluding hydrogens is 226 g/mol. The SMILES string of the molecule is CC1CC(OCC(=O)NC(CO)(CO)CO)C1. The van der Waals surface area contributed by atoms with E-state index < -0.39 is 31.3 Å². The molecule has 0 atom stereocenters. The average Bonchev–Trinajstić information content (AvgIpc) is 2.30. The lowest BCUT2D eigenvalue weighted by Gasteiger charge is -2.33. The lowest BCUT2D eigenvalue weighted by atomic mass is 9.84. The van der Waals surface area contributed by atoms with E-state index in [2.05, 4.69) is 12.2 Å². The van der Waals surface area contributed by atoms with Crippen molar-refractivity contribution >= 4 is 5.91 Å². The van der Waals surface area contributed by atoms with Crippen LogP contribution < -0.4 is 5.32 Å². The summed E-state index contributed by atoms with van der Waals surface area (Å²) in [6, 6.07) is 0. The topological polar surface area (TPSA) is 99.0 Å². The van der Waals surface area contributed by atoms with Crippen molar-refractivity contribution in [3.05, 3.63) is 0 Å². The lowest BCUT2D eigenvalue weighted by Crippen LogP contribution is -2.58. The predicted molar refractivity (Wildman–Crippen MR) is 60.3 cm³/mol. The smallest absolute Gasteiger partial charge is 0.246 e. The molecule has 0 aromatic heterocycles. The zero-order valence-electron chi connectivity index (χ0n) is 10.1. The molecule has 4 N–H and O–H groups in total. The molecule has 0 unspecified atom stereocenters. The largest absolute Gasteiger partial charge is 0.394 e. The maximum Gasteiger partial charge on any atom is 0.246 e. The molecular formula is C11H21NO5. The number of nitrogens with one attached hydrogen (secondary N) is 1. The van der Waals surface area contributed by atoms with Crippen LogP contribution in [-0.2, 0) is 9.53 Å². The highest BCUT2D eigenvalue weighted by Crippen LogP contribution is 2.28. The van der Waals surface area contributed by atoms with Crippen molar-refractivity contribution in [2.75, 3.05) is 26.4 Å². The van der Waals surface area contributed by atoms with Gasteiger partial charge in [-0.25, -0.2) is 0 Å². The highest BCUT2D eigenvalue weighted by molar-refractivity contribution is 5.78. The molecule has 0 bridgehead atoms. The zero-order chi connectivity index (χ0) is 12.9. The molecule has 1 aliphatic rings. The Balaban J connectivity index is 2.27. The van der Waals surface area contributed by atoms with Gasteiger partial charge in [0.2, 0.25) is 5.91 Å². The third-order valence-electron chi connectivity index (χ3n) is 3.09. The first kappa shape index (κ1) is 14.4. The van der Waals surface area contributed by atoms with Gasteiger partial charge in [-0.1, -0.05) is 6.92 Å². The summed E-state index contributed by atoms with van der Waals surface area (Å²) in [5, 5.41) is 29.4. The van der Waals surface area contributed by atoms with Crippen LogP contribution in [0.3, 0.4) is 0 Å². The second kappa shape index (κ2) is 6.30. The third-order valence-corrected chi connectivity index (χ3v) is 3.09. The summed E-state index contributed by atoms with van der Waals surface area (Å²) in [4.78, 5) is 11.5. The van der Waals surface area contributed by atoms with E-state index in [1.807, 2.05) is 0 Å². The van der Waals surface area contributed by atoms with Crippen LogP contribution in [0.2, 0.25) is 0 Å². The summed E-state index contributed by atoms with van der Waals surface area (Å²) in [6.07, 6.45) is 2.04. The average molecular weight is 247 g/mol. The van der Waals surface area contributed by atoms with Crippen LogP contribution >= 0.6 is 0 Å². The van der Waals surface area contributed by atoms with Crippen molar-refractivity contribution < 1.29 is 24.9 Å². The van der Waals surface area contributed by atoms with E-state index >= 15 is 0 Å². The summed E-state index contributed by atoms with van der Waals surface area (Å²) >= 11 is 0. The highest BCUT2D eigenvalue weighted by Gasteiger charge is 2.31. The Bertz CT molecular complexity index is 240. The molecule has 0 spiro atoms. The van der Waals surface area contributed by atoms with Gasteiger partial charge in [0.25, 0.3) is 0 Å². The van der Waals surface area contributed by atoms with E-state index in [1.54, 1.807) is 0 Å². The van der Waals surface area contributed by atoms with Gasteiger partial charge in [0.1, 0.15) is 12.1 Å². The summed E-state index contributed by atoms with van der Waals surface area (Å²) in [5.41, 5.74) is -1.37. The van der Waals surface area contributed by atoms with Gasteiger partial charge >= 0.3 is 0 Å². The Kier molecular flexibility index (Phi) is 5.32. The molecule has 0 aliphatic heterocycles. The second-order valence-corrected chi connectivity index (χ2v) is 4.81. The molecule has 1 rings (SSSR count). The maximum atomic E-state index is 11.5. The van der Waals surface area contributed by atoms with Crippen molar-refractivity contribution in [2.45, 2.75) is 31.4 Å². The molecule has 1 aliphatic carbocycles. The summed E-state index contributed by atoms with van der Waals surface area (Å²) in [7, 11) is 0. The van der Waals surface area contributed by atoms with Gasteiger partial charge in [-0.2, -0.15) is 0 Å². The number of aliphatic hydroxyl groups is 3. The molecule has 1 amide bonds. The second-order valence-electron chi connectivity index (χ2n) is 4.81. The molecule has 1 fully saturated rings. The van der Waals surface area contributed by atoms with E-state index in [4.69, 9.17) is 20.1 Å². The number of amides is 1. The first-order valence-corrected chi connectivity index (χ1v) is 5.80. The van der Waals surface area contributed by atoms with Crippen LogP contribution in [0.5, 0.6) is 0 Å². The van der Waals surface area contributed by atoms with Crippen molar-refractivity contribution in [2.24, 2.45) is 5.92 Å². The summed E-state index contributed by atoms with van der Waals surface area (Å²) in [5.74, 6) is 0.205. The summed E-state index contributed by atoms with van der Waals surface area (Å²) in [6.45, 7) is 0.442. The van der Waals surface area contributed by atoms with Crippen molar-refractivity contribution in [1.29, 1.82) is 0 Å². The zero-order valence-corrected chi connectivity index (χ0v) is 10.1. The number of hydrogen-bond donors (Lipinski definition) is 4. The molecule has 6 nitrogen and oxygen atoms in total. The number of carbonyl (C=O) groups is 1. The molecule has 17 heavy (non-hydrogen) atoms. The third kappa shape index (κ3) is 3.92. The van der Waals surface area contributed by atoms with E-state index in [1.165, 1.54) is 0 Å². The van der Waals surface area contributed by atoms with Crippen LogP contribution in [-0.4, -0.2) is 59.3 Å². The molecule has 100 valence electrons. The first-order chi connectivity index (χ1) is 8.05. The van der Waals surface area contributed by atoms with Crippen LogP contribution in [0, 0.1) is 5.92 Å². The van der Waals surface area contributed by atoms with Crippen molar-refractivity contribution in [3.63, 3.8) is 0 Å². The minimum Gasteiger partial charge on any atom is -0.394 e. The lowest BCUT2D eigenvalue weighted by molar-refractivity contribution is -0.135. The van der Waals surface area contributed by atoms with Crippen molar-refractivity contribution in [1.82, 2.24) is 5.32 Å². The maximum absolute atomic E-state index is 11.5. The van der Waals surface area contributed by atoms with E-state index in [0.717, 1.165) is 12.8 Å². The fourth-order valence-corrected chi connectivity index (χ4v) is 1.76. The molecule has 1 saturated carbocycles. The minimum atomic E-state index is -1.37. The number of rotatable bonds is 7. The standard InChI is InChI=1S/C11H21NO5/c1-8-2-9(3-8)17-4-10(16)12-11(5-13,6-14)7-15/h8-9,13-15H,2-7H2,1H3,(H,12,16). The summed E-state index contributed by atoms with van der Waals surface area (Å²) < 4.78 is 5.33. The number of aliphatic hydroxyl groups excluding tert-OH is 3. The van der Waals surface area contributed by atoms with E-state index in [9.17, 15) is 4.79 Å². The van der Waals surface area contributed by atoms with Crippen LogP contribution in [0.15, 0.2) is 0 Å². The molecule has 0 heterocycles. The van der Waals surface area contributed by atoms with Gasteiger partial charge in [-0.3, -0.25) is 4.79 Å². The van der Waals surface area contributed by atoms with Gasteiger partial charge in [-0.15, -0.1) is 0 Å². The molecule has 0 radical (unpaired) electrons.